The number of hydrogen-bond acceptors (Lipinski definition) is 2. The highest BCUT2D eigenvalue weighted by molar-refractivity contribution is 14.0. The van der Waals surface area contributed by atoms with Crippen molar-refractivity contribution in [1.29, 1.82) is 0 Å². The van der Waals surface area contributed by atoms with E-state index in [-0.39, 0.29) is 29.9 Å². The van der Waals surface area contributed by atoms with Crippen LogP contribution in [0.5, 0.6) is 0 Å². The number of guanidine groups is 1. The lowest BCUT2D eigenvalue weighted by Crippen LogP contribution is -2.37. The van der Waals surface area contributed by atoms with E-state index in [1.165, 1.54) is 5.56 Å². The van der Waals surface area contributed by atoms with Crippen LogP contribution in [-0.4, -0.2) is 32.0 Å². The van der Waals surface area contributed by atoms with Crippen molar-refractivity contribution < 1.29 is 4.79 Å². The monoisotopic (exact) mass is 458 g/mol. The molecule has 1 aliphatic rings. The van der Waals surface area contributed by atoms with Gasteiger partial charge in [0.25, 0.3) is 0 Å². The molecule has 1 aromatic rings. The van der Waals surface area contributed by atoms with Crippen LogP contribution in [0.3, 0.4) is 0 Å². The number of benzene rings is 1. The van der Waals surface area contributed by atoms with E-state index in [9.17, 15) is 4.79 Å². The first-order valence-corrected chi connectivity index (χ1v) is 8.94. The number of nitrogens with one attached hydrogen (secondary N) is 2. The summed E-state index contributed by atoms with van der Waals surface area (Å²) in [6.45, 7) is 6.91. The Kier molecular flexibility index (Phi) is 9.85. The molecule has 0 spiro atoms. The number of amides is 1. The third kappa shape index (κ3) is 7.22. The zero-order chi connectivity index (χ0) is 17.4. The molecular weight excluding hydrogens is 427 g/mol. The minimum absolute atomic E-state index is 0. The molecule has 1 heterocycles. The van der Waals surface area contributed by atoms with E-state index < -0.39 is 0 Å². The van der Waals surface area contributed by atoms with E-state index >= 15 is 0 Å². The summed E-state index contributed by atoms with van der Waals surface area (Å²) in [5, 5.41) is 6.65. The van der Waals surface area contributed by atoms with Crippen LogP contribution < -0.4 is 15.5 Å². The number of anilines is 1. The highest BCUT2D eigenvalue weighted by atomic mass is 127. The quantitative estimate of drug-likeness (QED) is 0.390. The Morgan fingerprint density at radius 3 is 2.52 bits per heavy atom. The number of halogens is 1. The van der Waals surface area contributed by atoms with Gasteiger partial charge in [-0.1, -0.05) is 26.0 Å². The summed E-state index contributed by atoms with van der Waals surface area (Å²) >= 11 is 0. The van der Waals surface area contributed by atoms with Crippen molar-refractivity contribution in [2.75, 3.05) is 25.0 Å². The van der Waals surface area contributed by atoms with E-state index in [0.717, 1.165) is 50.5 Å². The zero-order valence-electron chi connectivity index (χ0n) is 15.5. The second-order valence-corrected chi connectivity index (χ2v) is 6.70. The molecule has 1 saturated heterocycles. The molecule has 0 aliphatic carbocycles. The molecule has 25 heavy (non-hydrogen) atoms. The number of carbonyl (C=O) groups excluding carboxylic acids is 1. The van der Waals surface area contributed by atoms with Crippen LogP contribution in [-0.2, 0) is 11.3 Å². The molecule has 2 rings (SSSR count). The summed E-state index contributed by atoms with van der Waals surface area (Å²) in [6, 6.07) is 8.22. The topological polar surface area (TPSA) is 56.7 Å². The summed E-state index contributed by atoms with van der Waals surface area (Å²) in [7, 11) is 1.79. The van der Waals surface area contributed by atoms with Crippen LogP contribution in [0.4, 0.5) is 5.69 Å². The Balaban J connectivity index is 0.00000312. The lowest BCUT2D eigenvalue weighted by Gasteiger charge is -2.26. The average Bonchev–Trinajstić information content (AvgIpc) is 2.58. The smallest absolute Gasteiger partial charge is 0.226 e. The van der Waals surface area contributed by atoms with Crippen molar-refractivity contribution in [3.05, 3.63) is 29.8 Å². The van der Waals surface area contributed by atoms with Crippen LogP contribution in [0.15, 0.2) is 29.3 Å². The number of aliphatic imine (C=N–C) groups is 1. The maximum Gasteiger partial charge on any atom is 0.226 e. The SMILES string of the molecule is CN=C(NCCC(C)C)NCc1ccc(N2CCCCC2=O)cc1.I. The van der Waals surface area contributed by atoms with Crippen LogP contribution in [0.25, 0.3) is 0 Å². The van der Waals surface area contributed by atoms with Crippen molar-refractivity contribution in [3.8, 4) is 0 Å². The van der Waals surface area contributed by atoms with Crippen LogP contribution in [0.1, 0.15) is 45.1 Å². The molecule has 1 aliphatic heterocycles. The van der Waals surface area contributed by atoms with Gasteiger partial charge >= 0.3 is 0 Å². The summed E-state index contributed by atoms with van der Waals surface area (Å²) in [6.07, 6.45) is 3.90. The third-order valence-electron chi connectivity index (χ3n) is 4.27. The molecule has 2 N–H and O–H groups in total. The van der Waals surface area contributed by atoms with Gasteiger partial charge in [-0.2, -0.15) is 0 Å². The number of hydrogen-bond donors (Lipinski definition) is 2. The maximum atomic E-state index is 12.0. The molecular formula is C19H31IN4O. The molecule has 0 atom stereocenters. The first kappa shape index (κ1) is 21.7. The molecule has 1 aromatic carbocycles. The molecule has 1 amide bonds. The highest BCUT2D eigenvalue weighted by Crippen LogP contribution is 2.21. The molecule has 5 nitrogen and oxygen atoms in total. The fourth-order valence-electron chi connectivity index (χ4n) is 2.76. The minimum atomic E-state index is 0. The average molecular weight is 458 g/mol. The molecule has 6 heteroatoms. The van der Waals surface area contributed by atoms with Gasteiger partial charge in [0.15, 0.2) is 5.96 Å². The molecule has 0 unspecified atom stereocenters. The Hall–Kier alpha value is -1.31. The number of rotatable bonds is 6. The van der Waals surface area contributed by atoms with E-state index in [1.807, 2.05) is 17.0 Å². The fourth-order valence-corrected chi connectivity index (χ4v) is 2.76. The zero-order valence-corrected chi connectivity index (χ0v) is 17.9. The van der Waals surface area contributed by atoms with Crippen molar-refractivity contribution in [3.63, 3.8) is 0 Å². The van der Waals surface area contributed by atoms with Gasteiger partial charge in [0.2, 0.25) is 5.91 Å². The molecule has 0 saturated carbocycles. The van der Waals surface area contributed by atoms with Crippen molar-refractivity contribution in [2.24, 2.45) is 10.9 Å². The third-order valence-corrected chi connectivity index (χ3v) is 4.27. The van der Waals surface area contributed by atoms with E-state index in [4.69, 9.17) is 0 Å². The number of piperidine rings is 1. The summed E-state index contributed by atoms with van der Waals surface area (Å²) in [4.78, 5) is 18.1. The Morgan fingerprint density at radius 1 is 1.20 bits per heavy atom. The largest absolute Gasteiger partial charge is 0.356 e. The lowest BCUT2D eigenvalue weighted by atomic mass is 10.1. The predicted octanol–water partition coefficient (Wildman–Crippen LogP) is 3.53. The van der Waals surface area contributed by atoms with Crippen molar-refractivity contribution in [2.45, 2.75) is 46.1 Å². The Bertz CT molecular complexity index is 557. The summed E-state index contributed by atoms with van der Waals surface area (Å²) in [5.74, 6) is 1.74. The molecule has 0 aromatic heterocycles. The molecule has 0 bridgehead atoms. The van der Waals surface area contributed by atoms with Gasteiger partial charge < -0.3 is 15.5 Å². The second-order valence-electron chi connectivity index (χ2n) is 6.70. The van der Waals surface area contributed by atoms with Gasteiger partial charge in [0, 0.05) is 38.8 Å². The number of carbonyl (C=O) groups is 1. The van der Waals surface area contributed by atoms with Crippen molar-refractivity contribution >= 4 is 41.5 Å². The van der Waals surface area contributed by atoms with Gasteiger partial charge in [0.05, 0.1) is 0 Å². The highest BCUT2D eigenvalue weighted by Gasteiger charge is 2.19. The van der Waals surface area contributed by atoms with Gasteiger partial charge in [-0.15, -0.1) is 24.0 Å². The standard InChI is InChI=1S/C19H30N4O.HI/c1-15(2)11-12-21-19(20-3)22-14-16-7-9-17(10-8-16)23-13-5-4-6-18(23)24;/h7-10,15H,4-6,11-14H2,1-3H3,(H2,20,21,22);1H. The van der Waals surface area contributed by atoms with Gasteiger partial charge in [0.1, 0.15) is 0 Å². The normalized spacial score (nSPS) is 15.1. The van der Waals surface area contributed by atoms with E-state index in [2.05, 4.69) is 41.6 Å². The molecule has 1 fully saturated rings. The Labute approximate surface area is 168 Å². The van der Waals surface area contributed by atoms with Crippen LogP contribution in [0.2, 0.25) is 0 Å². The minimum Gasteiger partial charge on any atom is -0.356 e. The van der Waals surface area contributed by atoms with E-state index in [0.29, 0.717) is 12.3 Å². The van der Waals surface area contributed by atoms with Gasteiger partial charge in [-0.25, -0.2) is 0 Å². The van der Waals surface area contributed by atoms with Gasteiger partial charge in [-0.05, 0) is 42.9 Å². The van der Waals surface area contributed by atoms with Gasteiger partial charge in [-0.3, -0.25) is 9.79 Å². The first-order chi connectivity index (χ1) is 11.6. The maximum absolute atomic E-state index is 12.0. The fraction of sp³-hybridized carbons (Fsp3) is 0.579. The van der Waals surface area contributed by atoms with Crippen LogP contribution in [0, 0.1) is 5.92 Å². The Morgan fingerprint density at radius 2 is 1.92 bits per heavy atom. The van der Waals surface area contributed by atoms with Crippen LogP contribution >= 0.6 is 24.0 Å². The van der Waals surface area contributed by atoms with E-state index in [1.54, 1.807) is 7.05 Å². The predicted molar refractivity (Wildman–Crippen MR) is 116 cm³/mol. The first-order valence-electron chi connectivity index (χ1n) is 8.94. The second kappa shape index (κ2) is 11.3. The lowest BCUT2D eigenvalue weighted by molar-refractivity contribution is -0.119. The summed E-state index contributed by atoms with van der Waals surface area (Å²) in [5.41, 5.74) is 2.18. The number of nitrogens with zero attached hydrogens (tertiary/aromatic N) is 2. The summed E-state index contributed by atoms with van der Waals surface area (Å²) < 4.78 is 0. The molecule has 140 valence electrons. The molecule has 0 radical (unpaired) electrons. The van der Waals surface area contributed by atoms with Crippen molar-refractivity contribution in [1.82, 2.24) is 10.6 Å².